The summed E-state index contributed by atoms with van der Waals surface area (Å²) in [7, 11) is -2.63. The minimum Gasteiger partial charge on any atom is -0.497 e. The fourth-order valence-corrected chi connectivity index (χ4v) is 5.70. The normalized spacial score (nSPS) is 12.8. The van der Waals surface area contributed by atoms with Crippen LogP contribution in [0.1, 0.15) is 43.9 Å². The van der Waals surface area contributed by atoms with Crippen molar-refractivity contribution in [3.05, 3.63) is 88.4 Å². The molecule has 0 aliphatic heterocycles. The Labute approximate surface area is 248 Å². The summed E-state index contributed by atoms with van der Waals surface area (Å²) in [4.78, 5) is 28.7. The number of hydrogen-bond acceptors (Lipinski definition) is 5. The van der Waals surface area contributed by atoms with E-state index in [1.807, 2.05) is 33.8 Å². The van der Waals surface area contributed by atoms with Crippen molar-refractivity contribution in [2.24, 2.45) is 0 Å². The molecule has 3 aromatic carbocycles. The van der Waals surface area contributed by atoms with Gasteiger partial charge in [-0.3, -0.25) is 13.9 Å². The van der Waals surface area contributed by atoms with Crippen LogP contribution in [0, 0.1) is 13.8 Å². The molecule has 3 rings (SSSR count). The zero-order valence-corrected chi connectivity index (χ0v) is 25.9. The number of benzene rings is 3. The van der Waals surface area contributed by atoms with Gasteiger partial charge in [0.25, 0.3) is 10.0 Å². The summed E-state index contributed by atoms with van der Waals surface area (Å²) in [6, 6.07) is 17.5. The summed E-state index contributed by atoms with van der Waals surface area (Å²) in [6.45, 7) is 8.67. The third kappa shape index (κ3) is 8.01. The first kappa shape index (κ1) is 32.0. The monoisotopic (exact) mass is 599 g/mol. The molecule has 2 amide bonds. The molecule has 0 fully saturated rings. The van der Waals surface area contributed by atoms with E-state index < -0.39 is 28.5 Å². The van der Waals surface area contributed by atoms with Crippen LogP contribution in [-0.4, -0.2) is 50.9 Å². The molecule has 3 aromatic rings. The number of sulfonamides is 1. The molecule has 1 N–H and O–H groups in total. The van der Waals surface area contributed by atoms with Gasteiger partial charge in [-0.1, -0.05) is 54.4 Å². The van der Waals surface area contributed by atoms with E-state index in [1.54, 1.807) is 56.5 Å². The number of anilines is 1. The van der Waals surface area contributed by atoms with E-state index in [1.165, 1.54) is 23.1 Å². The number of rotatable bonds is 12. The molecule has 0 aliphatic rings. The van der Waals surface area contributed by atoms with Crippen LogP contribution in [0.2, 0.25) is 5.02 Å². The van der Waals surface area contributed by atoms with Gasteiger partial charge in [0.2, 0.25) is 11.8 Å². The van der Waals surface area contributed by atoms with E-state index in [0.29, 0.717) is 10.8 Å². The second-order valence-electron chi connectivity index (χ2n) is 10.1. The zero-order valence-electron chi connectivity index (χ0n) is 24.3. The Hall–Kier alpha value is -3.56. The van der Waals surface area contributed by atoms with E-state index >= 15 is 0 Å². The Morgan fingerprint density at radius 3 is 2.29 bits per heavy atom. The van der Waals surface area contributed by atoms with Gasteiger partial charge in [0, 0.05) is 17.6 Å². The van der Waals surface area contributed by atoms with Crippen LogP contribution in [0.15, 0.2) is 71.6 Å². The van der Waals surface area contributed by atoms with E-state index in [4.69, 9.17) is 16.3 Å². The van der Waals surface area contributed by atoms with Crippen molar-refractivity contribution in [1.82, 2.24) is 10.2 Å². The van der Waals surface area contributed by atoms with Crippen molar-refractivity contribution in [2.45, 2.75) is 64.6 Å². The second kappa shape index (κ2) is 13.9. The van der Waals surface area contributed by atoms with Crippen LogP contribution < -0.4 is 14.4 Å². The molecule has 0 saturated carbocycles. The predicted octanol–water partition coefficient (Wildman–Crippen LogP) is 5.49. The fourth-order valence-electron chi connectivity index (χ4n) is 4.12. The van der Waals surface area contributed by atoms with Gasteiger partial charge >= 0.3 is 0 Å². The highest BCUT2D eigenvalue weighted by atomic mass is 35.5. The summed E-state index contributed by atoms with van der Waals surface area (Å²) in [5.74, 6) is -0.279. The highest BCUT2D eigenvalue weighted by molar-refractivity contribution is 7.92. The Balaban J connectivity index is 2.06. The summed E-state index contributed by atoms with van der Waals surface area (Å²) in [5.41, 5.74) is 2.64. The maximum Gasteiger partial charge on any atom is 0.264 e. The number of nitrogens with zero attached hydrogens (tertiary/aromatic N) is 2. The summed E-state index contributed by atoms with van der Waals surface area (Å²) >= 11 is 6.38. The Morgan fingerprint density at radius 1 is 1.00 bits per heavy atom. The van der Waals surface area contributed by atoms with E-state index in [2.05, 4.69) is 5.32 Å². The average Bonchev–Trinajstić information content (AvgIpc) is 2.95. The Morgan fingerprint density at radius 2 is 1.68 bits per heavy atom. The minimum atomic E-state index is -4.17. The standard InChI is InChI=1S/C31H38ClN3O5S/c1-7-23(4)33-31(37)24(5)34(19-25-9-8-10-27(17-25)40-6)30(36)20-35(26-14-13-22(3)29(32)18-26)41(38,39)28-15-11-21(2)12-16-28/h8-18,23-24H,7,19-20H2,1-6H3,(H,33,37). The molecule has 0 bridgehead atoms. The lowest BCUT2D eigenvalue weighted by atomic mass is 10.1. The number of nitrogens with one attached hydrogen (secondary N) is 1. The number of methoxy groups -OCH3 is 1. The molecule has 10 heteroatoms. The predicted molar refractivity (Wildman–Crippen MR) is 163 cm³/mol. The zero-order chi connectivity index (χ0) is 30.3. The molecule has 0 aromatic heterocycles. The van der Waals surface area contributed by atoms with Crippen LogP contribution in [0.3, 0.4) is 0 Å². The average molecular weight is 600 g/mol. The third-order valence-electron chi connectivity index (χ3n) is 6.99. The smallest absolute Gasteiger partial charge is 0.264 e. The van der Waals surface area contributed by atoms with Gasteiger partial charge in [0.1, 0.15) is 18.3 Å². The first-order valence-electron chi connectivity index (χ1n) is 13.5. The molecule has 2 unspecified atom stereocenters. The molecule has 220 valence electrons. The van der Waals surface area contributed by atoms with Gasteiger partial charge in [-0.05, 0) is 81.6 Å². The molecule has 0 spiro atoms. The Kier molecular flexibility index (Phi) is 10.8. The lowest BCUT2D eigenvalue weighted by molar-refractivity contribution is -0.139. The van der Waals surface area contributed by atoms with Gasteiger partial charge < -0.3 is 15.0 Å². The number of hydrogen-bond donors (Lipinski definition) is 1. The number of carbonyl (C=O) groups is 2. The van der Waals surface area contributed by atoms with Crippen molar-refractivity contribution in [3.8, 4) is 5.75 Å². The quantitative estimate of drug-likeness (QED) is 0.297. The number of ether oxygens (including phenoxy) is 1. The Bertz CT molecular complexity index is 1480. The van der Waals surface area contributed by atoms with Crippen LogP contribution in [-0.2, 0) is 26.2 Å². The molecule has 2 atom stereocenters. The number of halogens is 1. The minimum absolute atomic E-state index is 0.0366. The van der Waals surface area contributed by atoms with Crippen molar-refractivity contribution in [2.75, 3.05) is 18.0 Å². The van der Waals surface area contributed by atoms with Crippen molar-refractivity contribution < 1.29 is 22.7 Å². The number of aryl methyl sites for hydroxylation is 2. The molecule has 0 aliphatic carbocycles. The summed E-state index contributed by atoms with van der Waals surface area (Å²) in [6.07, 6.45) is 0.721. The van der Waals surface area contributed by atoms with Gasteiger partial charge in [0.15, 0.2) is 0 Å². The van der Waals surface area contributed by atoms with Crippen molar-refractivity contribution >= 4 is 39.1 Å². The number of carbonyl (C=O) groups excluding carboxylic acids is 2. The lowest BCUT2D eigenvalue weighted by Gasteiger charge is -2.32. The molecular weight excluding hydrogens is 562 g/mol. The van der Waals surface area contributed by atoms with Crippen molar-refractivity contribution in [1.29, 1.82) is 0 Å². The highest BCUT2D eigenvalue weighted by Crippen LogP contribution is 2.29. The molecular formula is C31H38ClN3O5S. The lowest BCUT2D eigenvalue weighted by Crippen LogP contribution is -2.52. The maximum absolute atomic E-state index is 14.0. The van der Waals surface area contributed by atoms with Crippen LogP contribution in [0.4, 0.5) is 5.69 Å². The topological polar surface area (TPSA) is 96.0 Å². The first-order chi connectivity index (χ1) is 19.4. The van der Waals surface area contributed by atoms with E-state index in [-0.39, 0.29) is 29.1 Å². The first-order valence-corrected chi connectivity index (χ1v) is 15.3. The second-order valence-corrected chi connectivity index (χ2v) is 12.4. The largest absolute Gasteiger partial charge is 0.497 e. The molecule has 0 radical (unpaired) electrons. The number of amides is 2. The molecule has 0 saturated heterocycles. The summed E-state index contributed by atoms with van der Waals surface area (Å²) in [5, 5.41) is 3.30. The molecule has 8 nitrogen and oxygen atoms in total. The van der Waals surface area contributed by atoms with Crippen molar-refractivity contribution in [3.63, 3.8) is 0 Å². The fraction of sp³-hybridized carbons (Fsp3) is 0.355. The van der Waals surface area contributed by atoms with Gasteiger partial charge in [-0.25, -0.2) is 8.42 Å². The maximum atomic E-state index is 14.0. The highest BCUT2D eigenvalue weighted by Gasteiger charge is 2.33. The molecule has 41 heavy (non-hydrogen) atoms. The van der Waals surface area contributed by atoms with Crippen LogP contribution in [0.5, 0.6) is 5.75 Å². The van der Waals surface area contributed by atoms with E-state index in [0.717, 1.165) is 27.4 Å². The van der Waals surface area contributed by atoms with Crippen LogP contribution in [0.25, 0.3) is 0 Å². The van der Waals surface area contributed by atoms with E-state index in [9.17, 15) is 18.0 Å². The van der Waals surface area contributed by atoms with Gasteiger partial charge in [-0.15, -0.1) is 0 Å². The molecule has 0 heterocycles. The van der Waals surface area contributed by atoms with Crippen LogP contribution >= 0.6 is 11.6 Å². The SMILES string of the molecule is CCC(C)NC(=O)C(C)N(Cc1cccc(OC)c1)C(=O)CN(c1ccc(C)c(Cl)c1)S(=O)(=O)c1ccc(C)cc1. The van der Waals surface area contributed by atoms with Gasteiger partial charge in [-0.2, -0.15) is 0 Å². The summed E-state index contributed by atoms with van der Waals surface area (Å²) < 4.78 is 34.3. The van der Waals surface area contributed by atoms with Gasteiger partial charge in [0.05, 0.1) is 17.7 Å². The third-order valence-corrected chi connectivity index (χ3v) is 9.18.